The van der Waals surface area contributed by atoms with Crippen molar-refractivity contribution < 1.29 is 0 Å². The van der Waals surface area contributed by atoms with Crippen LogP contribution in [0.5, 0.6) is 0 Å². The quantitative estimate of drug-likeness (QED) is 0.534. The smallest absolute Gasteiger partial charge is 0.0125 e. The summed E-state index contributed by atoms with van der Waals surface area (Å²) in [5.41, 5.74) is 0. The third-order valence-corrected chi connectivity index (χ3v) is 25.1. The molecule has 0 fully saturated rings. The second kappa shape index (κ2) is 6.77. The Labute approximate surface area is 65.3 Å². The summed E-state index contributed by atoms with van der Waals surface area (Å²) in [6.07, 6.45) is 0. The zero-order valence-electron chi connectivity index (χ0n) is 7.11. The summed E-state index contributed by atoms with van der Waals surface area (Å²) < 4.78 is 0. The molecule has 0 rings (SSSR count). The van der Waals surface area contributed by atoms with Crippen LogP contribution < -0.4 is 0 Å². The van der Waals surface area contributed by atoms with Crippen molar-refractivity contribution in [2.45, 2.75) is 38.9 Å². The van der Waals surface area contributed by atoms with E-state index in [9.17, 15) is 0 Å². The minimum Gasteiger partial charge on any atom is -0.0685 e. The van der Waals surface area contributed by atoms with Crippen molar-refractivity contribution in [3.63, 3.8) is 0 Å². The largest absolute Gasteiger partial charge is 0.0685 e. The van der Waals surface area contributed by atoms with Crippen molar-refractivity contribution in [2.24, 2.45) is 0 Å². The van der Waals surface area contributed by atoms with Gasteiger partial charge in [0.15, 0.2) is 0 Å². The second-order valence-corrected chi connectivity index (χ2v) is 22.4. The minimum absolute atomic E-state index is 0.0648. The highest BCUT2D eigenvalue weighted by Crippen LogP contribution is 1.92. The molecule has 0 N–H and O–H groups in total. The first-order valence-electron chi connectivity index (χ1n) is 4.35. The molecule has 0 saturated heterocycles. The summed E-state index contributed by atoms with van der Waals surface area (Å²) in [6, 6.07) is 4.83. The van der Waals surface area contributed by atoms with E-state index in [1.165, 1.54) is 0 Å². The van der Waals surface area contributed by atoms with Gasteiger partial charge in [0.05, 0.1) is 0 Å². The average molecular weight is 176 g/mol. The van der Waals surface area contributed by atoms with Gasteiger partial charge in [0.1, 0.15) is 0 Å². The summed E-state index contributed by atoms with van der Waals surface area (Å²) >= 11 is 0. The fourth-order valence-corrected chi connectivity index (χ4v) is 22.3. The maximum Gasteiger partial charge on any atom is 0.0125 e. The van der Waals surface area contributed by atoms with Gasteiger partial charge < -0.3 is 0 Å². The van der Waals surface area contributed by atoms with E-state index in [0.717, 1.165) is 0 Å². The first-order valence-corrected chi connectivity index (χ1v) is 13.7. The van der Waals surface area contributed by atoms with E-state index in [0.29, 0.717) is 18.1 Å². The molecule has 0 aliphatic carbocycles. The molecular weight excluding hydrogens is 156 g/mol. The first kappa shape index (κ1) is 9.65. The third-order valence-electron chi connectivity index (χ3n) is 1.97. The van der Waals surface area contributed by atoms with E-state index < -0.39 is 0 Å². The van der Waals surface area contributed by atoms with Gasteiger partial charge in [-0.05, 0) is 0 Å². The molecule has 0 bridgehead atoms. The molecule has 0 spiro atoms. The maximum absolute atomic E-state index is 2.43. The molecule has 0 unspecified atom stereocenters. The molecule has 0 aromatic rings. The highest BCUT2D eigenvalue weighted by molar-refractivity contribution is 7.39. The number of hydrogen-bond acceptors (Lipinski definition) is 0. The van der Waals surface area contributed by atoms with Gasteiger partial charge in [-0.2, -0.15) is 0 Å². The van der Waals surface area contributed by atoms with Crippen LogP contribution in [-0.2, 0) is 0 Å². The highest BCUT2D eigenvalue weighted by Gasteiger charge is 2.04. The average Bonchev–Trinajstić information content (AvgIpc) is 1.88. The molecule has 0 atom stereocenters. The molecule has 0 aliphatic rings. The zero-order valence-corrected chi connectivity index (χ0v) is 11.1. The summed E-state index contributed by atoms with van der Waals surface area (Å²) in [4.78, 5) is 0. The first-order chi connectivity index (χ1) is 4.35. The molecule has 0 aromatic heterocycles. The molecule has 0 amide bonds. The lowest BCUT2D eigenvalue weighted by Crippen LogP contribution is -2.28. The Hall–Kier alpha value is 0.651. The Bertz CT molecular complexity index is 50.3. The van der Waals surface area contributed by atoms with Crippen molar-refractivity contribution in [2.75, 3.05) is 0 Å². The van der Waals surface area contributed by atoms with E-state index in [1.807, 2.05) is 0 Å². The predicted molar refractivity (Wildman–Crippen MR) is 55.7 cm³/mol. The Kier molecular flexibility index (Phi) is 7.26. The monoisotopic (exact) mass is 176 g/mol. The summed E-state index contributed by atoms with van der Waals surface area (Å²) in [7, 11) is 1.12. The SMILES string of the molecule is CC[SiH2][SiH](CC)[SiH2]CC. The molecule has 0 radical (unpaired) electrons. The molecule has 0 aromatic carbocycles. The van der Waals surface area contributed by atoms with Crippen LogP contribution in [0.25, 0.3) is 0 Å². The van der Waals surface area contributed by atoms with Gasteiger partial charge in [0.2, 0.25) is 0 Å². The Balaban J connectivity index is 3.18. The Morgan fingerprint density at radius 3 is 1.67 bits per heavy atom. The van der Waals surface area contributed by atoms with Crippen LogP contribution in [0.3, 0.4) is 0 Å². The molecule has 3 heteroatoms. The number of rotatable bonds is 5. The second-order valence-electron chi connectivity index (χ2n) is 2.85. The molecular formula is C6H20Si3. The molecule has 9 heavy (non-hydrogen) atoms. The lowest BCUT2D eigenvalue weighted by atomic mass is 11.0. The van der Waals surface area contributed by atoms with Gasteiger partial charge in [-0.15, -0.1) is 0 Å². The van der Waals surface area contributed by atoms with E-state index in [2.05, 4.69) is 20.8 Å². The lowest BCUT2D eigenvalue weighted by Gasteiger charge is -2.07. The van der Waals surface area contributed by atoms with Gasteiger partial charge in [0.25, 0.3) is 0 Å². The van der Waals surface area contributed by atoms with E-state index in [-0.39, 0.29) is 7.83 Å². The van der Waals surface area contributed by atoms with Crippen molar-refractivity contribution in [1.82, 2.24) is 0 Å². The van der Waals surface area contributed by atoms with Gasteiger partial charge >= 0.3 is 0 Å². The molecule has 0 heterocycles. The minimum atomic E-state index is 0.0648. The van der Waals surface area contributed by atoms with Gasteiger partial charge in [0, 0.05) is 25.9 Å². The predicted octanol–water partition coefficient (Wildman–Crippen LogP) is 0.441. The Morgan fingerprint density at radius 2 is 1.44 bits per heavy atom. The molecule has 0 nitrogen and oxygen atoms in total. The summed E-state index contributed by atoms with van der Waals surface area (Å²) in [6.45, 7) is 7.22. The number of hydrogen-bond donors (Lipinski definition) is 0. The van der Waals surface area contributed by atoms with Gasteiger partial charge in [-0.1, -0.05) is 38.9 Å². The van der Waals surface area contributed by atoms with Crippen LogP contribution in [0.1, 0.15) is 20.8 Å². The normalized spacial score (nSPS) is 16.3. The van der Waals surface area contributed by atoms with Gasteiger partial charge in [-0.3, -0.25) is 0 Å². The van der Waals surface area contributed by atoms with Crippen molar-refractivity contribution in [3.8, 4) is 0 Å². The fourth-order valence-electron chi connectivity index (χ4n) is 1.37. The van der Waals surface area contributed by atoms with E-state index in [4.69, 9.17) is 0 Å². The van der Waals surface area contributed by atoms with E-state index >= 15 is 0 Å². The summed E-state index contributed by atoms with van der Waals surface area (Å²) in [5, 5.41) is 0. The van der Waals surface area contributed by atoms with Crippen LogP contribution in [0.4, 0.5) is 0 Å². The van der Waals surface area contributed by atoms with Crippen LogP contribution in [0.15, 0.2) is 0 Å². The molecule has 56 valence electrons. The lowest BCUT2D eigenvalue weighted by molar-refractivity contribution is 1.42. The standard InChI is InChI=1S/C6H20Si3/c1-4-7-9(6-3)8-5-2/h9H,4-8H2,1-3H3. The van der Waals surface area contributed by atoms with Crippen molar-refractivity contribution in [1.29, 1.82) is 0 Å². The molecule has 0 aliphatic heterocycles. The van der Waals surface area contributed by atoms with Crippen molar-refractivity contribution in [3.05, 3.63) is 0 Å². The third kappa shape index (κ3) is 5.11. The maximum atomic E-state index is 2.43. The van der Waals surface area contributed by atoms with Crippen LogP contribution >= 0.6 is 0 Å². The fraction of sp³-hybridized carbons (Fsp3) is 1.00. The zero-order chi connectivity index (χ0) is 7.11. The topological polar surface area (TPSA) is 0 Å². The highest BCUT2D eigenvalue weighted by atomic mass is 29.6. The Morgan fingerprint density at radius 1 is 1.00 bits per heavy atom. The van der Waals surface area contributed by atoms with Gasteiger partial charge in [-0.25, -0.2) is 0 Å². The van der Waals surface area contributed by atoms with Crippen LogP contribution in [0, 0.1) is 0 Å². The van der Waals surface area contributed by atoms with E-state index in [1.54, 1.807) is 18.1 Å². The molecule has 0 saturated carbocycles. The summed E-state index contributed by atoms with van der Waals surface area (Å²) in [5.74, 6) is 0. The van der Waals surface area contributed by atoms with Crippen LogP contribution in [-0.4, -0.2) is 25.9 Å². The van der Waals surface area contributed by atoms with Crippen molar-refractivity contribution >= 4 is 25.9 Å². The van der Waals surface area contributed by atoms with Crippen LogP contribution in [0.2, 0.25) is 18.1 Å².